The molecule has 2 aromatic rings. The number of benzene rings is 1. The van der Waals surface area contributed by atoms with Crippen molar-refractivity contribution in [2.45, 2.75) is 20.1 Å². The highest BCUT2D eigenvalue weighted by atomic mass is 35.5. The molecule has 0 saturated heterocycles. The number of rotatable bonds is 5. The molecule has 3 nitrogen and oxygen atoms in total. The molecule has 1 aromatic heterocycles. The third-order valence-corrected chi connectivity index (χ3v) is 2.91. The molecule has 2 rings (SSSR count). The molecule has 1 N–H and O–H groups in total. The van der Waals surface area contributed by atoms with Crippen molar-refractivity contribution in [3.63, 3.8) is 0 Å². The van der Waals surface area contributed by atoms with E-state index < -0.39 is 6.61 Å². The van der Waals surface area contributed by atoms with Crippen molar-refractivity contribution < 1.29 is 13.5 Å². The van der Waals surface area contributed by atoms with Gasteiger partial charge in [-0.05, 0) is 36.2 Å². The Morgan fingerprint density at radius 2 is 2.00 bits per heavy atom. The molecule has 0 unspecified atom stereocenters. The summed E-state index contributed by atoms with van der Waals surface area (Å²) in [5, 5.41) is 3.54. The smallest absolute Gasteiger partial charge is 0.387 e. The summed E-state index contributed by atoms with van der Waals surface area (Å²) >= 11 is 5.97. The van der Waals surface area contributed by atoms with Gasteiger partial charge >= 0.3 is 6.61 Å². The molecule has 0 aliphatic heterocycles. The summed E-state index contributed by atoms with van der Waals surface area (Å²) in [6, 6.07) is 8.31. The minimum Gasteiger partial charge on any atom is -0.435 e. The second-order valence-electron chi connectivity index (χ2n) is 4.23. The lowest BCUT2D eigenvalue weighted by Crippen LogP contribution is -2.03. The van der Waals surface area contributed by atoms with Crippen LogP contribution >= 0.6 is 11.6 Å². The number of aryl methyl sites for hydroxylation is 1. The van der Waals surface area contributed by atoms with Crippen molar-refractivity contribution in [3.05, 3.63) is 52.8 Å². The molecule has 1 heterocycles. The molecule has 0 aliphatic carbocycles. The number of anilines is 1. The van der Waals surface area contributed by atoms with Crippen LogP contribution in [0.5, 0.6) is 5.75 Å². The maximum absolute atomic E-state index is 12.0. The highest BCUT2D eigenvalue weighted by molar-refractivity contribution is 6.31. The Morgan fingerprint density at radius 3 is 2.65 bits per heavy atom. The number of nitrogens with zero attached hydrogens (tertiary/aromatic N) is 1. The number of hydrogen-bond acceptors (Lipinski definition) is 3. The zero-order chi connectivity index (χ0) is 14.5. The number of ether oxygens (including phenoxy) is 1. The average molecular weight is 299 g/mol. The Bertz CT molecular complexity index is 576. The fourth-order valence-corrected chi connectivity index (χ4v) is 1.83. The molecule has 0 radical (unpaired) electrons. The molecule has 106 valence electrons. The van der Waals surface area contributed by atoms with E-state index in [1.54, 1.807) is 18.3 Å². The van der Waals surface area contributed by atoms with E-state index in [0.29, 0.717) is 11.7 Å². The molecular weight excluding hydrogens is 286 g/mol. The summed E-state index contributed by atoms with van der Waals surface area (Å²) in [6.07, 6.45) is 1.68. The predicted molar refractivity (Wildman–Crippen MR) is 74.4 cm³/mol. The van der Waals surface area contributed by atoms with Crippen molar-refractivity contribution in [1.82, 2.24) is 4.98 Å². The van der Waals surface area contributed by atoms with Crippen molar-refractivity contribution in [2.24, 2.45) is 0 Å². The molecular formula is C14H13ClF2N2O. The minimum absolute atomic E-state index is 0.138. The van der Waals surface area contributed by atoms with Crippen LogP contribution in [0, 0.1) is 6.92 Å². The summed E-state index contributed by atoms with van der Waals surface area (Å²) in [4.78, 5) is 4.04. The van der Waals surface area contributed by atoms with Crippen LogP contribution in [0.15, 0.2) is 36.5 Å². The SMILES string of the molecule is Cc1cnc(Cl)c(NCc2ccc(OC(F)F)cc2)c1. The summed E-state index contributed by atoms with van der Waals surface area (Å²) < 4.78 is 28.3. The van der Waals surface area contributed by atoms with Crippen LogP contribution in [0.1, 0.15) is 11.1 Å². The van der Waals surface area contributed by atoms with Gasteiger partial charge in [-0.3, -0.25) is 0 Å². The van der Waals surface area contributed by atoms with Gasteiger partial charge < -0.3 is 10.1 Å². The predicted octanol–water partition coefficient (Wildman–Crippen LogP) is 4.26. The monoisotopic (exact) mass is 298 g/mol. The normalized spacial score (nSPS) is 10.7. The van der Waals surface area contributed by atoms with Gasteiger partial charge in [0.05, 0.1) is 5.69 Å². The Morgan fingerprint density at radius 1 is 1.30 bits per heavy atom. The first-order valence-electron chi connectivity index (χ1n) is 5.94. The molecule has 0 amide bonds. The molecule has 6 heteroatoms. The van der Waals surface area contributed by atoms with E-state index in [1.165, 1.54) is 12.1 Å². The second-order valence-corrected chi connectivity index (χ2v) is 4.59. The summed E-state index contributed by atoms with van der Waals surface area (Å²) in [5.41, 5.74) is 2.65. The van der Waals surface area contributed by atoms with E-state index >= 15 is 0 Å². The van der Waals surface area contributed by atoms with Crippen LogP contribution in [0.25, 0.3) is 0 Å². The van der Waals surface area contributed by atoms with Crippen LogP contribution < -0.4 is 10.1 Å². The van der Waals surface area contributed by atoms with E-state index in [1.807, 2.05) is 13.0 Å². The van der Waals surface area contributed by atoms with E-state index in [0.717, 1.165) is 16.8 Å². The van der Waals surface area contributed by atoms with Crippen molar-refractivity contribution in [2.75, 3.05) is 5.32 Å². The first-order valence-corrected chi connectivity index (χ1v) is 6.32. The fourth-order valence-electron chi connectivity index (χ4n) is 1.66. The fraction of sp³-hybridized carbons (Fsp3) is 0.214. The minimum atomic E-state index is -2.81. The lowest BCUT2D eigenvalue weighted by atomic mass is 10.2. The van der Waals surface area contributed by atoms with Gasteiger partial charge in [-0.1, -0.05) is 23.7 Å². The lowest BCUT2D eigenvalue weighted by Gasteiger charge is -2.09. The van der Waals surface area contributed by atoms with E-state index in [4.69, 9.17) is 11.6 Å². The molecule has 0 spiro atoms. The van der Waals surface area contributed by atoms with Crippen molar-refractivity contribution in [3.8, 4) is 5.75 Å². The molecule has 0 fully saturated rings. The first kappa shape index (κ1) is 14.5. The van der Waals surface area contributed by atoms with Gasteiger partial charge in [0, 0.05) is 12.7 Å². The van der Waals surface area contributed by atoms with Crippen LogP contribution in [0.4, 0.5) is 14.5 Å². The van der Waals surface area contributed by atoms with Gasteiger partial charge in [-0.15, -0.1) is 0 Å². The Kier molecular flexibility index (Phi) is 4.74. The van der Waals surface area contributed by atoms with E-state index in [-0.39, 0.29) is 5.75 Å². The molecule has 0 saturated carbocycles. The summed E-state index contributed by atoms with van der Waals surface area (Å²) in [7, 11) is 0. The highest BCUT2D eigenvalue weighted by Gasteiger charge is 2.05. The zero-order valence-corrected chi connectivity index (χ0v) is 11.5. The number of pyridine rings is 1. The Balaban J connectivity index is 1.98. The largest absolute Gasteiger partial charge is 0.435 e. The van der Waals surface area contributed by atoms with Crippen LogP contribution in [0.3, 0.4) is 0 Å². The van der Waals surface area contributed by atoms with E-state index in [2.05, 4.69) is 15.0 Å². The maximum atomic E-state index is 12.0. The van der Waals surface area contributed by atoms with Crippen LogP contribution in [-0.2, 0) is 6.54 Å². The standard InChI is InChI=1S/C14H13ClF2N2O/c1-9-6-12(13(15)19-7-9)18-8-10-2-4-11(5-3-10)20-14(16)17/h2-7,14,18H,8H2,1H3. The van der Waals surface area contributed by atoms with Gasteiger partial charge in [0.1, 0.15) is 5.75 Å². The topological polar surface area (TPSA) is 34.2 Å². The number of hydrogen-bond donors (Lipinski definition) is 1. The van der Waals surface area contributed by atoms with Gasteiger partial charge in [0.25, 0.3) is 0 Å². The molecule has 0 bridgehead atoms. The third kappa shape index (κ3) is 4.06. The summed E-state index contributed by atoms with van der Waals surface area (Å²) in [5.74, 6) is 0.138. The first-order chi connectivity index (χ1) is 9.54. The quantitative estimate of drug-likeness (QED) is 0.838. The van der Waals surface area contributed by atoms with Gasteiger partial charge in [0.2, 0.25) is 0 Å². The number of aromatic nitrogens is 1. The lowest BCUT2D eigenvalue weighted by molar-refractivity contribution is -0.0498. The Hall–Kier alpha value is -1.88. The second kappa shape index (κ2) is 6.52. The van der Waals surface area contributed by atoms with Gasteiger partial charge in [-0.2, -0.15) is 8.78 Å². The zero-order valence-electron chi connectivity index (χ0n) is 10.7. The van der Waals surface area contributed by atoms with Crippen LogP contribution in [-0.4, -0.2) is 11.6 Å². The summed E-state index contributed by atoms with van der Waals surface area (Å²) in [6.45, 7) is -0.374. The van der Waals surface area contributed by atoms with Gasteiger partial charge in [0.15, 0.2) is 5.15 Å². The molecule has 1 aromatic carbocycles. The third-order valence-electron chi connectivity index (χ3n) is 2.61. The van der Waals surface area contributed by atoms with Crippen molar-refractivity contribution >= 4 is 17.3 Å². The van der Waals surface area contributed by atoms with Crippen LogP contribution in [0.2, 0.25) is 5.15 Å². The highest BCUT2D eigenvalue weighted by Crippen LogP contribution is 2.21. The number of alkyl halides is 2. The maximum Gasteiger partial charge on any atom is 0.387 e. The van der Waals surface area contributed by atoms with Crippen molar-refractivity contribution in [1.29, 1.82) is 0 Å². The molecule has 0 atom stereocenters. The number of halogens is 3. The number of nitrogens with one attached hydrogen (secondary N) is 1. The average Bonchev–Trinajstić information content (AvgIpc) is 2.41. The Labute approximate surface area is 120 Å². The molecule has 20 heavy (non-hydrogen) atoms. The van der Waals surface area contributed by atoms with E-state index in [9.17, 15) is 8.78 Å². The van der Waals surface area contributed by atoms with Gasteiger partial charge in [-0.25, -0.2) is 4.98 Å². The molecule has 0 aliphatic rings.